The van der Waals surface area contributed by atoms with Crippen molar-refractivity contribution in [3.05, 3.63) is 59.3 Å². The Balaban J connectivity index is 2.11. The van der Waals surface area contributed by atoms with E-state index in [1.54, 1.807) is 12.1 Å². The summed E-state index contributed by atoms with van der Waals surface area (Å²) in [6.07, 6.45) is -2.23. The normalized spacial score (nSPS) is 13.1. The highest BCUT2D eigenvalue weighted by atomic mass is 19.4. The molecular formula is C16H15F3N6O2. The minimum absolute atomic E-state index is 0.0229. The number of amides is 1. The van der Waals surface area contributed by atoms with Crippen LogP contribution in [-0.4, -0.2) is 28.4 Å². The summed E-state index contributed by atoms with van der Waals surface area (Å²) in [5, 5.41) is 2.38. The lowest BCUT2D eigenvalue weighted by atomic mass is 10.2. The fourth-order valence-corrected chi connectivity index (χ4v) is 1.82. The van der Waals surface area contributed by atoms with E-state index in [4.69, 9.17) is 10.2 Å². The van der Waals surface area contributed by atoms with Crippen molar-refractivity contribution < 1.29 is 22.4 Å². The third-order valence-corrected chi connectivity index (χ3v) is 3.25. The van der Waals surface area contributed by atoms with E-state index in [2.05, 4.69) is 32.0 Å². The highest BCUT2D eigenvalue weighted by Gasteiger charge is 2.32. The van der Waals surface area contributed by atoms with Crippen molar-refractivity contribution in [3.8, 4) is 0 Å². The van der Waals surface area contributed by atoms with Crippen molar-refractivity contribution in [2.45, 2.75) is 19.6 Å². The van der Waals surface area contributed by atoms with Crippen LogP contribution in [0.15, 0.2) is 56.5 Å². The predicted molar refractivity (Wildman–Crippen MR) is 90.6 cm³/mol. The second kappa shape index (κ2) is 8.25. The number of halogens is 3. The number of aromatic nitrogens is 2. The van der Waals surface area contributed by atoms with E-state index in [-0.39, 0.29) is 29.6 Å². The van der Waals surface area contributed by atoms with Gasteiger partial charge in [-0.15, -0.1) is 0 Å². The fourth-order valence-electron chi connectivity index (χ4n) is 1.82. The molecule has 0 aromatic carbocycles. The van der Waals surface area contributed by atoms with Crippen LogP contribution in [0.1, 0.15) is 24.2 Å². The molecule has 3 N–H and O–H groups in total. The largest absolute Gasteiger partial charge is 0.461 e. The molecule has 0 saturated heterocycles. The predicted octanol–water partition coefficient (Wildman–Crippen LogP) is 2.04. The summed E-state index contributed by atoms with van der Waals surface area (Å²) in [6.45, 7) is 4.43. The maximum atomic E-state index is 12.6. The molecule has 0 aliphatic heterocycles. The summed E-state index contributed by atoms with van der Waals surface area (Å²) in [7, 11) is 0. The lowest BCUT2D eigenvalue weighted by molar-refractivity contribution is -0.141. The molecule has 0 radical (unpaired) electrons. The summed E-state index contributed by atoms with van der Waals surface area (Å²) in [4.78, 5) is 26.8. The molecule has 1 amide bonds. The molecule has 27 heavy (non-hydrogen) atoms. The number of amidine groups is 1. The van der Waals surface area contributed by atoms with Crippen LogP contribution < -0.4 is 11.1 Å². The van der Waals surface area contributed by atoms with Gasteiger partial charge in [0.25, 0.3) is 5.91 Å². The Bertz CT molecular complexity index is 888. The molecule has 2 heterocycles. The molecule has 11 heteroatoms. The smallest absolute Gasteiger partial charge is 0.433 e. The molecule has 0 bridgehead atoms. The zero-order valence-corrected chi connectivity index (χ0v) is 14.1. The lowest BCUT2D eigenvalue weighted by Gasteiger charge is -2.08. The van der Waals surface area contributed by atoms with Crippen molar-refractivity contribution in [1.29, 1.82) is 0 Å². The maximum absolute atomic E-state index is 12.6. The first kappa shape index (κ1) is 19.8. The van der Waals surface area contributed by atoms with E-state index in [0.29, 0.717) is 5.76 Å². The summed E-state index contributed by atoms with van der Waals surface area (Å²) in [5.41, 5.74) is 4.70. The van der Waals surface area contributed by atoms with E-state index in [1.807, 2.05) is 0 Å². The van der Waals surface area contributed by atoms with Crippen LogP contribution in [0.3, 0.4) is 0 Å². The van der Waals surface area contributed by atoms with Crippen LogP contribution in [0.25, 0.3) is 0 Å². The Kier molecular flexibility index (Phi) is 6.06. The van der Waals surface area contributed by atoms with E-state index in [0.717, 1.165) is 12.3 Å². The molecule has 2 aromatic rings. The maximum Gasteiger partial charge on any atom is 0.433 e. The minimum Gasteiger partial charge on any atom is -0.461 e. The standard InChI is InChI=1S/C16H15F3N6O2/c1-9(13(20)25-14(21-2)10-4-3-7-27-10)15(26)23-8-12-22-6-5-11(24-12)16(17,18)19/h3-7H,2,8,20H2,1H3,(H,23,26)/b13-9+,25-14?. The van der Waals surface area contributed by atoms with Crippen molar-refractivity contribution in [1.82, 2.24) is 15.3 Å². The summed E-state index contributed by atoms with van der Waals surface area (Å²) >= 11 is 0. The van der Waals surface area contributed by atoms with Gasteiger partial charge in [0, 0.05) is 6.20 Å². The van der Waals surface area contributed by atoms with Crippen LogP contribution in [0, 0.1) is 0 Å². The third kappa shape index (κ3) is 5.23. The number of aliphatic imine (C=N–C) groups is 2. The molecule has 0 aliphatic carbocycles. The molecule has 8 nitrogen and oxygen atoms in total. The quantitative estimate of drug-likeness (QED) is 0.467. The molecule has 0 saturated carbocycles. The number of nitrogens with two attached hydrogens (primary N) is 1. The third-order valence-electron chi connectivity index (χ3n) is 3.25. The topological polar surface area (TPSA) is 119 Å². The molecular weight excluding hydrogens is 365 g/mol. The van der Waals surface area contributed by atoms with Crippen LogP contribution in [0.4, 0.5) is 13.2 Å². The van der Waals surface area contributed by atoms with E-state index in [9.17, 15) is 18.0 Å². The van der Waals surface area contributed by atoms with Crippen LogP contribution in [0.5, 0.6) is 0 Å². The molecule has 0 atom stereocenters. The first-order valence-electron chi connectivity index (χ1n) is 7.45. The lowest BCUT2D eigenvalue weighted by Crippen LogP contribution is -2.27. The molecule has 0 spiro atoms. The highest BCUT2D eigenvalue weighted by molar-refractivity contribution is 6.00. The zero-order valence-electron chi connectivity index (χ0n) is 14.1. The van der Waals surface area contributed by atoms with Crippen LogP contribution >= 0.6 is 0 Å². The van der Waals surface area contributed by atoms with E-state index < -0.39 is 17.8 Å². The number of nitrogens with zero attached hydrogens (tertiary/aromatic N) is 4. The number of alkyl halides is 3. The van der Waals surface area contributed by atoms with Gasteiger partial charge in [0.2, 0.25) is 0 Å². The molecule has 0 aliphatic rings. The fraction of sp³-hybridized carbons (Fsp3) is 0.188. The summed E-state index contributed by atoms with van der Waals surface area (Å²) in [6, 6.07) is 3.94. The summed E-state index contributed by atoms with van der Waals surface area (Å²) < 4.78 is 43.0. The number of carbonyl (C=O) groups is 1. The second-order valence-corrected chi connectivity index (χ2v) is 5.12. The first-order valence-corrected chi connectivity index (χ1v) is 7.45. The highest BCUT2D eigenvalue weighted by Crippen LogP contribution is 2.26. The van der Waals surface area contributed by atoms with Gasteiger partial charge in [-0.05, 0) is 31.8 Å². The van der Waals surface area contributed by atoms with Crippen molar-refractivity contribution >= 4 is 18.5 Å². The SMILES string of the molecule is C=NC(=N/C(N)=C(\C)C(=O)NCc1nccc(C(F)(F)F)n1)c1ccco1. The van der Waals surface area contributed by atoms with Gasteiger partial charge in [0.05, 0.1) is 18.4 Å². The zero-order chi connectivity index (χ0) is 20.0. The minimum atomic E-state index is -4.60. The Morgan fingerprint density at radius 3 is 2.74 bits per heavy atom. The Morgan fingerprint density at radius 2 is 2.15 bits per heavy atom. The van der Waals surface area contributed by atoms with Crippen molar-refractivity contribution in [2.75, 3.05) is 0 Å². The number of hydrogen-bond acceptors (Lipinski definition) is 6. The average molecular weight is 380 g/mol. The monoisotopic (exact) mass is 380 g/mol. The average Bonchev–Trinajstić information content (AvgIpc) is 3.17. The molecule has 0 fully saturated rings. The van der Waals surface area contributed by atoms with Gasteiger partial charge in [-0.1, -0.05) is 0 Å². The van der Waals surface area contributed by atoms with Crippen molar-refractivity contribution in [2.24, 2.45) is 15.7 Å². The van der Waals surface area contributed by atoms with Crippen LogP contribution in [0.2, 0.25) is 0 Å². The van der Waals surface area contributed by atoms with Gasteiger partial charge in [-0.25, -0.2) is 20.0 Å². The van der Waals surface area contributed by atoms with Gasteiger partial charge in [-0.2, -0.15) is 13.2 Å². The molecule has 0 unspecified atom stereocenters. The Hall–Kier alpha value is -3.50. The van der Waals surface area contributed by atoms with E-state index in [1.165, 1.54) is 13.2 Å². The van der Waals surface area contributed by atoms with Crippen LogP contribution in [-0.2, 0) is 17.5 Å². The van der Waals surface area contributed by atoms with Gasteiger partial charge in [0.15, 0.2) is 11.6 Å². The van der Waals surface area contributed by atoms with E-state index >= 15 is 0 Å². The molecule has 142 valence electrons. The Morgan fingerprint density at radius 1 is 1.41 bits per heavy atom. The van der Waals surface area contributed by atoms with Gasteiger partial charge in [0.1, 0.15) is 17.3 Å². The number of nitrogens with one attached hydrogen (secondary N) is 1. The molecule has 2 aromatic heterocycles. The first-order chi connectivity index (χ1) is 12.7. The molecule has 2 rings (SSSR count). The van der Waals surface area contributed by atoms with Gasteiger partial charge in [-0.3, -0.25) is 4.79 Å². The summed E-state index contributed by atoms with van der Waals surface area (Å²) in [5.74, 6) is -0.627. The second-order valence-electron chi connectivity index (χ2n) is 5.12. The van der Waals surface area contributed by atoms with Crippen molar-refractivity contribution in [3.63, 3.8) is 0 Å². The van der Waals surface area contributed by atoms with Gasteiger partial charge >= 0.3 is 6.18 Å². The van der Waals surface area contributed by atoms with Gasteiger partial charge < -0.3 is 15.5 Å². The number of hydrogen-bond donors (Lipinski definition) is 2. The number of furan rings is 1. The number of carbonyl (C=O) groups excluding carboxylic acids is 1. The Labute approximate surface area is 151 Å². The number of rotatable bonds is 5.